The van der Waals surface area contributed by atoms with Crippen molar-refractivity contribution >= 4 is 17.4 Å². The first-order chi connectivity index (χ1) is 11.9. The van der Waals surface area contributed by atoms with E-state index >= 15 is 0 Å². The number of methoxy groups -OCH3 is 2. The number of nitriles is 1. The minimum atomic E-state index is -0.712. The second kappa shape index (κ2) is 8.54. The Morgan fingerprint density at radius 3 is 2.32 bits per heavy atom. The number of carbonyl (C=O) groups is 1. The Balaban J connectivity index is 3.62. The number of carbonyl (C=O) groups excluding carboxylic acids is 1. The van der Waals surface area contributed by atoms with E-state index in [4.69, 9.17) is 9.47 Å². The monoisotopic (exact) mass is 349 g/mol. The molecule has 0 saturated carbocycles. The van der Waals surface area contributed by atoms with Crippen LogP contribution in [0.15, 0.2) is 17.7 Å². The van der Waals surface area contributed by atoms with Crippen molar-refractivity contribution in [2.45, 2.75) is 13.8 Å². The van der Waals surface area contributed by atoms with E-state index in [9.17, 15) is 25.3 Å². The lowest BCUT2D eigenvalue weighted by atomic mass is 10.1. The van der Waals surface area contributed by atoms with Gasteiger partial charge in [-0.1, -0.05) is 0 Å². The Morgan fingerprint density at radius 1 is 1.32 bits per heavy atom. The normalized spacial score (nSPS) is 11.2. The van der Waals surface area contributed by atoms with Crippen LogP contribution in [0.4, 0.5) is 5.69 Å². The first-order valence-electron chi connectivity index (χ1n) is 7.39. The van der Waals surface area contributed by atoms with Crippen molar-refractivity contribution in [3.63, 3.8) is 0 Å². The number of rotatable bonds is 7. The quantitative estimate of drug-likeness (QED) is 0.263. The molecule has 9 heteroatoms. The van der Waals surface area contributed by atoms with Crippen LogP contribution >= 0.6 is 0 Å². The van der Waals surface area contributed by atoms with Crippen LogP contribution in [0.2, 0.25) is 0 Å². The highest BCUT2D eigenvalue weighted by atomic mass is 16.6. The lowest BCUT2D eigenvalue weighted by Gasteiger charge is -2.18. The second-order valence-electron chi connectivity index (χ2n) is 4.80. The number of ether oxygens (including phenoxy) is 2. The molecule has 0 bridgehead atoms. The van der Waals surface area contributed by atoms with Gasteiger partial charge in [-0.05, 0) is 19.9 Å². The molecular weight excluding hydrogens is 330 g/mol. The van der Waals surface area contributed by atoms with Crippen molar-refractivity contribution in [3.8, 4) is 17.6 Å². The molecule has 0 aliphatic carbocycles. The molecule has 0 aromatic heterocycles. The second-order valence-corrected chi connectivity index (χ2v) is 4.80. The van der Waals surface area contributed by atoms with Crippen LogP contribution in [0.1, 0.15) is 19.4 Å². The predicted molar refractivity (Wildman–Crippen MR) is 89.3 cm³/mol. The molecule has 1 rings (SSSR count). The number of aliphatic hydroxyl groups excluding tert-OH is 1. The molecule has 0 spiro atoms. The van der Waals surface area contributed by atoms with Gasteiger partial charge in [-0.2, -0.15) is 5.26 Å². The van der Waals surface area contributed by atoms with Crippen molar-refractivity contribution in [2.75, 3.05) is 27.3 Å². The summed E-state index contributed by atoms with van der Waals surface area (Å²) >= 11 is 0. The number of nitro groups is 1. The number of hydrogen-bond acceptors (Lipinski definition) is 7. The van der Waals surface area contributed by atoms with Gasteiger partial charge in [-0.25, -0.2) is 0 Å². The zero-order valence-corrected chi connectivity index (χ0v) is 14.4. The maximum Gasteiger partial charge on any atom is 0.315 e. The molecule has 134 valence electrons. The maximum atomic E-state index is 12.3. The van der Waals surface area contributed by atoms with E-state index in [1.165, 1.54) is 25.2 Å². The van der Waals surface area contributed by atoms with Crippen molar-refractivity contribution in [2.24, 2.45) is 0 Å². The van der Waals surface area contributed by atoms with Crippen LogP contribution in [0.25, 0.3) is 5.76 Å². The van der Waals surface area contributed by atoms with E-state index in [2.05, 4.69) is 0 Å². The molecule has 0 fully saturated rings. The summed E-state index contributed by atoms with van der Waals surface area (Å²) in [5, 5.41) is 30.9. The zero-order chi connectivity index (χ0) is 19.1. The number of aliphatic hydroxyl groups is 1. The van der Waals surface area contributed by atoms with Gasteiger partial charge in [-0.3, -0.25) is 14.9 Å². The molecule has 1 N–H and O–H groups in total. The number of hydrogen-bond donors (Lipinski definition) is 1. The molecule has 0 radical (unpaired) electrons. The van der Waals surface area contributed by atoms with E-state index in [1.807, 2.05) is 0 Å². The molecule has 0 aliphatic rings. The fourth-order valence-corrected chi connectivity index (χ4v) is 2.23. The van der Waals surface area contributed by atoms with Crippen LogP contribution in [-0.2, 0) is 4.79 Å². The summed E-state index contributed by atoms with van der Waals surface area (Å²) in [6.45, 7) is 4.16. The molecule has 0 aliphatic heterocycles. The first kappa shape index (κ1) is 19.8. The third kappa shape index (κ3) is 3.98. The highest BCUT2D eigenvalue weighted by Crippen LogP contribution is 2.39. The van der Waals surface area contributed by atoms with Crippen molar-refractivity contribution in [3.05, 3.63) is 33.4 Å². The third-order valence-corrected chi connectivity index (χ3v) is 3.54. The first-order valence-corrected chi connectivity index (χ1v) is 7.39. The van der Waals surface area contributed by atoms with Gasteiger partial charge in [0.05, 0.1) is 19.1 Å². The summed E-state index contributed by atoms with van der Waals surface area (Å²) < 4.78 is 10.0. The van der Waals surface area contributed by atoms with E-state index in [0.29, 0.717) is 13.1 Å². The summed E-state index contributed by atoms with van der Waals surface area (Å²) in [5.74, 6) is -1.46. The number of nitro benzene ring substituents is 1. The topological polar surface area (TPSA) is 126 Å². The Hall–Kier alpha value is -3.28. The van der Waals surface area contributed by atoms with Gasteiger partial charge in [0.2, 0.25) is 5.75 Å². The highest BCUT2D eigenvalue weighted by molar-refractivity contribution is 6.03. The molecule has 0 heterocycles. The molecule has 1 aromatic carbocycles. The lowest BCUT2D eigenvalue weighted by molar-refractivity contribution is -0.385. The number of amides is 1. The Morgan fingerprint density at radius 2 is 1.92 bits per heavy atom. The molecule has 25 heavy (non-hydrogen) atoms. The van der Waals surface area contributed by atoms with Crippen molar-refractivity contribution in [1.29, 1.82) is 5.26 Å². The molecule has 0 unspecified atom stereocenters. The van der Waals surface area contributed by atoms with Crippen molar-refractivity contribution < 1.29 is 24.3 Å². The standard InChI is InChI=1S/C16H19N3O6/c1-5-18(6-2)16(21)11(9-17)14(20)10-7-12(19(22)23)15(25-4)13(8-10)24-3/h7-8,20H,5-6H2,1-4H3. The SMILES string of the molecule is CCN(CC)C(=O)C(C#N)=C(O)c1cc(OC)c(OC)c([N+](=O)[O-])c1. The van der Waals surface area contributed by atoms with E-state index in [-0.39, 0.29) is 17.1 Å². The number of nitrogens with zero attached hydrogens (tertiary/aromatic N) is 3. The molecule has 1 amide bonds. The summed E-state index contributed by atoms with van der Waals surface area (Å²) in [6.07, 6.45) is 0. The van der Waals surface area contributed by atoms with E-state index in [1.54, 1.807) is 19.9 Å². The van der Waals surface area contributed by atoms with Gasteiger partial charge in [0.1, 0.15) is 11.8 Å². The van der Waals surface area contributed by atoms with Crippen LogP contribution < -0.4 is 9.47 Å². The van der Waals surface area contributed by atoms with Crippen LogP contribution in [0, 0.1) is 21.4 Å². The highest BCUT2D eigenvalue weighted by Gasteiger charge is 2.26. The summed E-state index contributed by atoms with van der Waals surface area (Å²) in [5.41, 5.74) is -1.07. The van der Waals surface area contributed by atoms with E-state index in [0.717, 1.165) is 6.07 Å². The smallest absolute Gasteiger partial charge is 0.315 e. The fourth-order valence-electron chi connectivity index (χ4n) is 2.23. The van der Waals surface area contributed by atoms with Crippen LogP contribution in [-0.4, -0.2) is 48.1 Å². The molecule has 0 saturated heterocycles. The Bertz CT molecular complexity index is 747. The number of benzene rings is 1. The van der Waals surface area contributed by atoms with Gasteiger partial charge in [0, 0.05) is 24.7 Å². The Kier molecular flexibility index (Phi) is 6.75. The van der Waals surface area contributed by atoms with Gasteiger partial charge in [0.15, 0.2) is 11.3 Å². The van der Waals surface area contributed by atoms with Gasteiger partial charge in [-0.15, -0.1) is 0 Å². The van der Waals surface area contributed by atoms with Gasteiger partial charge >= 0.3 is 5.69 Å². The van der Waals surface area contributed by atoms with Gasteiger partial charge in [0.25, 0.3) is 5.91 Å². The van der Waals surface area contributed by atoms with Crippen molar-refractivity contribution in [1.82, 2.24) is 4.90 Å². The molecule has 9 nitrogen and oxygen atoms in total. The molecule has 1 aromatic rings. The van der Waals surface area contributed by atoms with E-state index < -0.39 is 27.9 Å². The third-order valence-electron chi connectivity index (χ3n) is 3.54. The molecule has 0 atom stereocenters. The average Bonchev–Trinajstić information content (AvgIpc) is 2.61. The number of likely N-dealkylation sites (N-methyl/N-ethyl adjacent to an activating group) is 1. The minimum Gasteiger partial charge on any atom is -0.506 e. The predicted octanol–water partition coefficient (Wildman–Crippen LogP) is 2.27. The summed E-state index contributed by atoms with van der Waals surface area (Å²) in [6, 6.07) is 3.94. The minimum absolute atomic E-state index is 0.00849. The zero-order valence-electron chi connectivity index (χ0n) is 14.4. The summed E-state index contributed by atoms with van der Waals surface area (Å²) in [4.78, 5) is 24.2. The fraction of sp³-hybridized carbons (Fsp3) is 0.375. The largest absolute Gasteiger partial charge is 0.506 e. The summed E-state index contributed by atoms with van der Waals surface area (Å²) in [7, 11) is 2.52. The molecular formula is C16H19N3O6. The Labute approximate surface area is 144 Å². The van der Waals surface area contributed by atoms with Gasteiger partial charge < -0.3 is 19.5 Å². The van der Waals surface area contributed by atoms with Crippen LogP contribution in [0.5, 0.6) is 11.5 Å². The average molecular weight is 349 g/mol. The van der Waals surface area contributed by atoms with Crippen LogP contribution in [0.3, 0.4) is 0 Å². The maximum absolute atomic E-state index is 12.3. The lowest BCUT2D eigenvalue weighted by Crippen LogP contribution is -2.31.